The maximum absolute atomic E-state index is 10.3. The normalized spacial score (nSPS) is 22.3. The van der Waals surface area contributed by atoms with Crippen LogP contribution in [0.5, 0.6) is 0 Å². The molecule has 3 rings (SSSR count). The summed E-state index contributed by atoms with van der Waals surface area (Å²) < 4.78 is 2.07. The van der Waals surface area contributed by atoms with E-state index >= 15 is 0 Å². The fourth-order valence-electron chi connectivity index (χ4n) is 3.23. The van der Waals surface area contributed by atoms with E-state index in [-0.39, 0.29) is 6.10 Å². The summed E-state index contributed by atoms with van der Waals surface area (Å²) in [4.78, 5) is 2.28. The molecule has 1 saturated heterocycles. The molecular weight excluding hydrogens is 276 g/mol. The van der Waals surface area contributed by atoms with Crippen LogP contribution >= 0.6 is 0 Å². The van der Waals surface area contributed by atoms with Crippen LogP contribution in [0.2, 0.25) is 0 Å². The van der Waals surface area contributed by atoms with Gasteiger partial charge in [-0.3, -0.25) is 4.90 Å². The van der Waals surface area contributed by atoms with Crippen molar-refractivity contribution in [3.8, 4) is 0 Å². The second kappa shape index (κ2) is 6.58. The Kier molecular flexibility index (Phi) is 4.55. The molecule has 0 unspecified atom stereocenters. The Bertz CT molecular complexity index is 610. The van der Waals surface area contributed by atoms with Gasteiger partial charge < -0.3 is 9.67 Å². The number of aliphatic hydroxyl groups is 1. The topological polar surface area (TPSA) is 54.2 Å². The van der Waals surface area contributed by atoms with E-state index < -0.39 is 0 Å². The van der Waals surface area contributed by atoms with E-state index in [1.807, 2.05) is 13.1 Å². The van der Waals surface area contributed by atoms with E-state index in [0.29, 0.717) is 12.5 Å². The first-order chi connectivity index (χ1) is 10.7. The van der Waals surface area contributed by atoms with E-state index in [0.717, 1.165) is 37.6 Å². The van der Waals surface area contributed by atoms with Gasteiger partial charge in [0.15, 0.2) is 0 Å². The zero-order valence-corrected chi connectivity index (χ0v) is 13.3. The molecule has 2 heterocycles. The number of aliphatic hydroxyl groups excluding tert-OH is 1. The van der Waals surface area contributed by atoms with Gasteiger partial charge in [0.2, 0.25) is 0 Å². The molecule has 0 aliphatic carbocycles. The van der Waals surface area contributed by atoms with Crippen molar-refractivity contribution in [2.45, 2.75) is 32.4 Å². The van der Waals surface area contributed by atoms with Gasteiger partial charge in [-0.2, -0.15) is 0 Å². The Labute approximate surface area is 131 Å². The number of aromatic nitrogens is 3. The van der Waals surface area contributed by atoms with Gasteiger partial charge in [-0.25, -0.2) is 0 Å². The molecule has 0 amide bonds. The second-order valence-electron chi connectivity index (χ2n) is 6.16. The highest BCUT2D eigenvalue weighted by atomic mass is 16.3. The van der Waals surface area contributed by atoms with Crippen molar-refractivity contribution >= 4 is 0 Å². The van der Waals surface area contributed by atoms with Crippen molar-refractivity contribution in [3.63, 3.8) is 0 Å². The average Bonchev–Trinajstić information content (AvgIpc) is 3.04. The van der Waals surface area contributed by atoms with Crippen molar-refractivity contribution in [2.24, 2.45) is 13.0 Å². The Hall–Kier alpha value is -1.72. The highest BCUT2D eigenvalue weighted by molar-refractivity contribution is 5.16. The largest absolute Gasteiger partial charge is 0.391 e. The van der Waals surface area contributed by atoms with Crippen LogP contribution in [0.3, 0.4) is 0 Å². The molecule has 0 radical (unpaired) electrons. The summed E-state index contributed by atoms with van der Waals surface area (Å²) in [6, 6.07) is 10.4. The van der Waals surface area contributed by atoms with Crippen LogP contribution in [-0.4, -0.2) is 44.0 Å². The Morgan fingerprint density at radius 3 is 2.55 bits per heavy atom. The van der Waals surface area contributed by atoms with Crippen LogP contribution in [-0.2, 0) is 26.4 Å². The molecule has 118 valence electrons. The van der Waals surface area contributed by atoms with Crippen LogP contribution in [0.1, 0.15) is 24.1 Å². The highest BCUT2D eigenvalue weighted by Crippen LogP contribution is 2.22. The van der Waals surface area contributed by atoms with Crippen LogP contribution in [0.4, 0.5) is 0 Å². The molecule has 22 heavy (non-hydrogen) atoms. The second-order valence-corrected chi connectivity index (χ2v) is 6.16. The maximum atomic E-state index is 10.3. The molecule has 1 fully saturated rings. The number of β-amino-alcohol motifs (C(OH)–C–C–N with tert-alkyl or cyclic N) is 1. The van der Waals surface area contributed by atoms with Gasteiger partial charge in [0.25, 0.3) is 0 Å². The molecule has 2 atom stereocenters. The third-order valence-corrected chi connectivity index (χ3v) is 4.56. The summed E-state index contributed by atoms with van der Waals surface area (Å²) in [5, 5.41) is 18.8. The highest BCUT2D eigenvalue weighted by Gasteiger charge is 2.31. The molecule has 0 spiro atoms. The fourth-order valence-corrected chi connectivity index (χ4v) is 3.23. The van der Waals surface area contributed by atoms with Gasteiger partial charge in [-0.1, -0.05) is 37.3 Å². The maximum Gasteiger partial charge on any atom is 0.146 e. The number of hydrogen-bond donors (Lipinski definition) is 1. The molecule has 1 aromatic carbocycles. The monoisotopic (exact) mass is 300 g/mol. The average molecular weight is 300 g/mol. The zero-order chi connectivity index (χ0) is 15.5. The van der Waals surface area contributed by atoms with Crippen molar-refractivity contribution in [3.05, 3.63) is 47.5 Å². The smallest absolute Gasteiger partial charge is 0.146 e. The van der Waals surface area contributed by atoms with Gasteiger partial charge in [0, 0.05) is 32.5 Å². The minimum absolute atomic E-state index is 0.265. The third kappa shape index (κ3) is 3.20. The fraction of sp³-hybridized carbons (Fsp3) is 0.529. The lowest BCUT2D eigenvalue weighted by molar-refractivity contribution is 0.140. The first-order valence-electron chi connectivity index (χ1n) is 7.99. The van der Waals surface area contributed by atoms with Crippen molar-refractivity contribution in [1.82, 2.24) is 19.7 Å². The minimum Gasteiger partial charge on any atom is -0.391 e. The molecule has 5 nitrogen and oxygen atoms in total. The van der Waals surface area contributed by atoms with Crippen LogP contribution in [0.15, 0.2) is 30.3 Å². The van der Waals surface area contributed by atoms with Crippen molar-refractivity contribution in [2.75, 3.05) is 13.1 Å². The van der Waals surface area contributed by atoms with E-state index in [9.17, 15) is 5.11 Å². The number of benzene rings is 1. The number of aryl methyl sites for hydroxylation is 1. The van der Waals surface area contributed by atoms with Gasteiger partial charge in [-0.05, 0) is 12.0 Å². The lowest BCUT2D eigenvalue weighted by Gasteiger charge is -2.15. The van der Waals surface area contributed by atoms with E-state index in [1.165, 1.54) is 5.56 Å². The van der Waals surface area contributed by atoms with Crippen LogP contribution in [0.25, 0.3) is 0 Å². The first kappa shape index (κ1) is 15.2. The predicted octanol–water partition coefficient (Wildman–Crippen LogP) is 1.41. The predicted molar refractivity (Wildman–Crippen MR) is 85.3 cm³/mol. The quantitative estimate of drug-likeness (QED) is 0.907. The molecule has 1 N–H and O–H groups in total. The number of rotatable bonds is 5. The molecule has 1 aliphatic heterocycles. The first-order valence-corrected chi connectivity index (χ1v) is 7.99. The molecule has 5 heteroatoms. The van der Waals surface area contributed by atoms with E-state index in [4.69, 9.17) is 0 Å². The zero-order valence-electron chi connectivity index (χ0n) is 13.3. The van der Waals surface area contributed by atoms with Gasteiger partial charge in [0.05, 0.1) is 12.6 Å². The SMILES string of the molecule is CCc1nnc(CN2C[C@@H](Cc3ccccc3)[C@H](O)C2)n1C. The molecule has 0 bridgehead atoms. The summed E-state index contributed by atoms with van der Waals surface area (Å²) in [5.41, 5.74) is 1.29. The van der Waals surface area contributed by atoms with Gasteiger partial charge in [0.1, 0.15) is 11.6 Å². The molecule has 1 aliphatic rings. The minimum atomic E-state index is -0.265. The van der Waals surface area contributed by atoms with Crippen molar-refractivity contribution < 1.29 is 5.11 Å². The number of likely N-dealkylation sites (tertiary alicyclic amines) is 1. The molecule has 0 saturated carbocycles. The number of nitrogens with zero attached hydrogens (tertiary/aromatic N) is 4. The Balaban J connectivity index is 1.62. The summed E-state index contributed by atoms with van der Waals surface area (Å²) in [5.74, 6) is 2.28. The summed E-state index contributed by atoms with van der Waals surface area (Å²) in [6.07, 6.45) is 1.55. The molecular formula is C17H24N4O. The van der Waals surface area contributed by atoms with Crippen LogP contribution in [0, 0.1) is 5.92 Å². The van der Waals surface area contributed by atoms with E-state index in [1.54, 1.807) is 0 Å². The molecule has 2 aromatic rings. The summed E-state index contributed by atoms with van der Waals surface area (Å²) in [7, 11) is 2.02. The lowest BCUT2D eigenvalue weighted by Crippen LogP contribution is -2.23. The van der Waals surface area contributed by atoms with Crippen LogP contribution < -0.4 is 0 Å². The van der Waals surface area contributed by atoms with E-state index in [2.05, 4.69) is 50.9 Å². The Morgan fingerprint density at radius 1 is 1.14 bits per heavy atom. The van der Waals surface area contributed by atoms with Gasteiger partial charge in [-0.15, -0.1) is 10.2 Å². The van der Waals surface area contributed by atoms with Gasteiger partial charge >= 0.3 is 0 Å². The summed E-state index contributed by atoms with van der Waals surface area (Å²) in [6.45, 7) is 4.46. The lowest BCUT2D eigenvalue weighted by atomic mass is 9.97. The third-order valence-electron chi connectivity index (χ3n) is 4.56. The standard InChI is InChI=1S/C17H24N4O/c1-3-16-18-19-17(20(16)2)12-21-10-14(15(22)11-21)9-13-7-5-4-6-8-13/h4-8,14-15,22H,3,9-12H2,1-2H3/t14-,15-/m1/s1. The molecule has 1 aromatic heterocycles. The summed E-state index contributed by atoms with van der Waals surface area (Å²) >= 11 is 0. The Morgan fingerprint density at radius 2 is 1.86 bits per heavy atom. The number of hydrogen-bond acceptors (Lipinski definition) is 4. The van der Waals surface area contributed by atoms with Crippen molar-refractivity contribution in [1.29, 1.82) is 0 Å².